The number of nitrogens with zero attached hydrogens (tertiary/aromatic N) is 1. The molecule has 0 heterocycles. The maximum atomic E-state index is 5.27. The number of rotatable bonds is 7. The highest BCUT2D eigenvalue weighted by Gasteiger charge is 2.20. The summed E-state index contributed by atoms with van der Waals surface area (Å²) in [5, 5.41) is 6.83. The Hall–Kier alpha value is -2.33. The lowest BCUT2D eigenvalue weighted by Crippen LogP contribution is -2.43. The second-order valence-corrected chi connectivity index (χ2v) is 6.73. The molecule has 0 saturated heterocycles. The summed E-state index contributed by atoms with van der Waals surface area (Å²) in [5.41, 5.74) is 3.74. The number of hydrogen-bond donors (Lipinski definition) is 2. The van der Waals surface area contributed by atoms with Gasteiger partial charge in [0.2, 0.25) is 0 Å². The van der Waals surface area contributed by atoms with Crippen LogP contribution in [0.5, 0.6) is 0 Å². The predicted molar refractivity (Wildman–Crippen MR) is 105 cm³/mol. The van der Waals surface area contributed by atoms with Gasteiger partial charge in [-0.05, 0) is 16.7 Å². The Labute approximate surface area is 151 Å². The highest BCUT2D eigenvalue weighted by atomic mass is 16.5. The Morgan fingerprint density at radius 2 is 1.60 bits per heavy atom. The van der Waals surface area contributed by atoms with Crippen LogP contribution in [0, 0.1) is 0 Å². The Kier molecular flexibility index (Phi) is 7.02. The molecule has 0 fully saturated rings. The summed E-state index contributed by atoms with van der Waals surface area (Å²) < 4.78 is 5.27. The van der Waals surface area contributed by atoms with Gasteiger partial charge in [-0.2, -0.15) is 0 Å². The van der Waals surface area contributed by atoms with Crippen LogP contribution in [-0.2, 0) is 23.3 Å². The monoisotopic (exact) mass is 339 g/mol. The standard InChI is InChI=1S/C21H29N3O/c1-21(2,19-12-6-5-7-13-19)16-24-20(22-3)23-14-17-10-8-9-11-18(17)15-25-4/h5-13H,14-16H2,1-4H3,(H2,22,23,24). The maximum absolute atomic E-state index is 5.27. The van der Waals surface area contributed by atoms with Gasteiger partial charge >= 0.3 is 0 Å². The topological polar surface area (TPSA) is 45.7 Å². The first-order chi connectivity index (χ1) is 12.1. The molecule has 0 amide bonds. The zero-order valence-electron chi connectivity index (χ0n) is 15.7. The molecular weight excluding hydrogens is 310 g/mol. The zero-order chi connectivity index (χ0) is 18.1. The average Bonchev–Trinajstić information content (AvgIpc) is 2.64. The molecule has 0 saturated carbocycles. The van der Waals surface area contributed by atoms with Gasteiger partial charge < -0.3 is 15.4 Å². The number of guanidine groups is 1. The highest BCUT2D eigenvalue weighted by Crippen LogP contribution is 2.21. The average molecular weight is 339 g/mol. The van der Waals surface area contributed by atoms with Gasteiger partial charge in [0.05, 0.1) is 6.61 Å². The minimum atomic E-state index is 0.0207. The summed E-state index contributed by atoms with van der Waals surface area (Å²) in [6.45, 7) is 6.60. The van der Waals surface area contributed by atoms with E-state index in [2.05, 4.69) is 65.9 Å². The molecular formula is C21H29N3O. The van der Waals surface area contributed by atoms with E-state index in [0.717, 1.165) is 12.5 Å². The SMILES string of the molecule is CN=C(NCc1ccccc1COC)NCC(C)(C)c1ccccc1. The molecule has 0 aromatic heterocycles. The molecule has 4 heteroatoms. The van der Waals surface area contributed by atoms with Crippen LogP contribution in [0.15, 0.2) is 59.6 Å². The summed E-state index contributed by atoms with van der Waals surface area (Å²) >= 11 is 0. The Balaban J connectivity index is 1.93. The third kappa shape index (κ3) is 5.61. The van der Waals surface area contributed by atoms with Crippen molar-refractivity contribution in [1.29, 1.82) is 0 Å². The van der Waals surface area contributed by atoms with Crippen molar-refractivity contribution in [2.24, 2.45) is 4.99 Å². The van der Waals surface area contributed by atoms with Gasteiger partial charge in [0, 0.05) is 32.7 Å². The molecule has 25 heavy (non-hydrogen) atoms. The van der Waals surface area contributed by atoms with Gasteiger partial charge in [0.25, 0.3) is 0 Å². The van der Waals surface area contributed by atoms with Crippen molar-refractivity contribution < 1.29 is 4.74 Å². The molecule has 0 aliphatic heterocycles. The van der Waals surface area contributed by atoms with Gasteiger partial charge in [-0.25, -0.2) is 0 Å². The lowest BCUT2D eigenvalue weighted by atomic mass is 9.85. The molecule has 0 bridgehead atoms. The molecule has 0 radical (unpaired) electrons. The van der Waals surface area contributed by atoms with Crippen molar-refractivity contribution in [3.63, 3.8) is 0 Å². The molecule has 0 unspecified atom stereocenters. The molecule has 2 aromatic rings. The van der Waals surface area contributed by atoms with Crippen molar-refractivity contribution in [3.8, 4) is 0 Å². The van der Waals surface area contributed by atoms with Gasteiger partial charge in [0.1, 0.15) is 0 Å². The number of nitrogens with one attached hydrogen (secondary N) is 2. The quantitative estimate of drug-likeness (QED) is 0.600. The number of aliphatic imine (C=N–C) groups is 1. The maximum Gasteiger partial charge on any atom is 0.191 e. The molecule has 0 aliphatic rings. The van der Waals surface area contributed by atoms with E-state index in [1.54, 1.807) is 14.2 Å². The molecule has 0 spiro atoms. The van der Waals surface area contributed by atoms with Crippen LogP contribution < -0.4 is 10.6 Å². The van der Waals surface area contributed by atoms with Crippen molar-refractivity contribution in [2.45, 2.75) is 32.4 Å². The van der Waals surface area contributed by atoms with Crippen LogP contribution in [0.4, 0.5) is 0 Å². The number of benzene rings is 2. The highest BCUT2D eigenvalue weighted by molar-refractivity contribution is 5.79. The molecule has 0 atom stereocenters. The molecule has 134 valence electrons. The van der Waals surface area contributed by atoms with Gasteiger partial charge in [0.15, 0.2) is 5.96 Å². The largest absolute Gasteiger partial charge is 0.380 e. The summed E-state index contributed by atoms with van der Waals surface area (Å²) in [5.74, 6) is 0.802. The molecule has 2 rings (SSSR count). The normalized spacial score (nSPS) is 12.1. The van der Waals surface area contributed by atoms with Crippen LogP contribution in [0.3, 0.4) is 0 Å². The van der Waals surface area contributed by atoms with Gasteiger partial charge in [-0.1, -0.05) is 68.4 Å². The van der Waals surface area contributed by atoms with Crippen molar-refractivity contribution >= 4 is 5.96 Å². The predicted octanol–water partition coefficient (Wildman–Crippen LogP) is 3.48. The van der Waals surface area contributed by atoms with Crippen molar-refractivity contribution in [1.82, 2.24) is 10.6 Å². The fourth-order valence-electron chi connectivity index (χ4n) is 2.72. The fraction of sp³-hybridized carbons (Fsp3) is 0.381. The van der Waals surface area contributed by atoms with E-state index in [-0.39, 0.29) is 5.41 Å². The van der Waals surface area contributed by atoms with Crippen molar-refractivity contribution in [3.05, 3.63) is 71.3 Å². The van der Waals surface area contributed by atoms with Crippen LogP contribution in [0.2, 0.25) is 0 Å². The summed E-state index contributed by atoms with van der Waals surface area (Å²) in [4.78, 5) is 4.34. The number of methoxy groups -OCH3 is 1. The second kappa shape index (κ2) is 9.23. The van der Waals surface area contributed by atoms with E-state index in [9.17, 15) is 0 Å². The lowest BCUT2D eigenvalue weighted by molar-refractivity contribution is 0.184. The van der Waals surface area contributed by atoms with Crippen molar-refractivity contribution in [2.75, 3.05) is 20.7 Å². The van der Waals surface area contributed by atoms with E-state index < -0.39 is 0 Å². The van der Waals surface area contributed by atoms with Crippen LogP contribution in [-0.4, -0.2) is 26.7 Å². The zero-order valence-corrected chi connectivity index (χ0v) is 15.7. The number of ether oxygens (including phenoxy) is 1. The molecule has 0 aliphatic carbocycles. The third-order valence-corrected chi connectivity index (χ3v) is 4.34. The Bertz CT molecular complexity index is 681. The molecule has 2 N–H and O–H groups in total. The van der Waals surface area contributed by atoms with Crippen LogP contribution in [0.1, 0.15) is 30.5 Å². The van der Waals surface area contributed by atoms with E-state index in [4.69, 9.17) is 4.74 Å². The number of hydrogen-bond acceptors (Lipinski definition) is 2. The Morgan fingerprint density at radius 1 is 0.960 bits per heavy atom. The second-order valence-electron chi connectivity index (χ2n) is 6.73. The molecule has 4 nitrogen and oxygen atoms in total. The fourth-order valence-corrected chi connectivity index (χ4v) is 2.72. The lowest BCUT2D eigenvalue weighted by Gasteiger charge is -2.27. The summed E-state index contributed by atoms with van der Waals surface area (Å²) in [6.07, 6.45) is 0. The molecule has 2 aromatic carbocycles. The van der Waals surface area contributed by atoms with E-state index in [0.29, 0.717) is 13.2 Å². The Morgan fingerprint density at radius 3 is 2.24 bits per heavy atom. The van der Waals surface area contributed by atoms with Crippen LogP contribution in [0.25, 0.3) is 0 Å². The third-order valence-electron chi connectivity index (χ3n) is 4.34. The summed E-state index contributed by atoms with van der Waals surface area (Å²) in [7, 11) is 3.52. The van der Waals surface area contributed by atoms with Crippen LogP contribution >= 0.6 is 0 Å². The summed E-state index contributed by atoms with van der Waals surface area (Å²) in [6, 6.07) is 18.8. The first kappa shape index (κ1) is 19.0. The smallest absolute Gasteiger partial charge is 0.191 e. The first-order valence-electron chi connectivity index (χ1n) is 8.62. The minimum absolute atomic E-state index is 0.0207. The van der Waals surface area contributed by atoms with E-state index in [1.807, 2.05) is 18.2 Å². The van der Waals surface area contributed by atoms with Gasteiger partial charge in [-0.3, -0.25) is 4.99 Å². The minimum Gasteiger partial charge on any atom is -0.380 e. The van der Waals surface area contributed by atoms with E-state index >= 15 is 0 Å². The van der Waals surface area contributed by atoms with E-state index in [1.165, 1.54) is 16.7 Å². The first-order valence-corrected chi connectivity index (χ1v) is 8.62. The van der Waals surface area contributed by atoms with Gasteiger partial charge in [-0.15, -0.1) is 0 Å².